The second-order valence-corrected chi connectivity index (χ2v) is 9.19. The first-order valence-corrected chi connectivity index (χ1v) is 12.2. The zero-order valence-corrected chi connectivity index (χ0v) is 21.5. The predicted octanol–water partition coefficient (Wildman–Crippen LogP) is 5.08. The van der Waals surface area contributed by atoms with Crippen molar-refractivity contribution in [2.24, 2.45) is 0 Å². The van der Waals surface area contributed by atoms with Crippen molar-refractivity contribution in [3.05, 3.63) is 65.7 Å². The number of aromatic nitrogens is 4. The molecule has 2 aromatic heterocycles. The maximum Gasteiger partial charge on any atom is 0.405 e. The Morgan fingerprint density at radius 1 is 1.15 bits per heavy atom. The second-order valence-electron chi connectivity index (χ2n) is 9.19. The van der Waals surface area contributed by atoms with Crippen molar-refractivity contribution in [1.29, 1.82) is 0 Å². The first-order chi connectivity index (χ1) is 19.4. The van der Waals surface area contributed by atoms with Gasteiger partial charge in [0.2, 0.25) is 5.60 Å². The molecule has 3 heterocycles. The van der Waals surface area contributed by atoms with E-state index < -0.39 is 47.4 Å². The van der Waals surface area contributed by atoms with Gasteiger partial charge in [0.05, 0.1) is 18.9 Å². The molecule has 0 saturated carbocycles. The second kappa shape index (κ2) is 10.4. The van der Waals surface area contributed by atoms with Crippen molar-refractivity contribution in [3.63, 3.8) is 0 Å². The van der Waals surface area contributed by atoms with Gasteiger partial charge in [0, 0.05) is 37.6 Å². The van der Waals surface area contributed by atoms with Gasteiger partial charge in [-0.25, -0.2) is 18.2 Å². The van der Waals surface area contributed by atoms with Crippen molar-refractivity contribution in [3.8, 4) is 34.2 Å². The normalized spacial score (nSPS) is 16.8. The number of halogens is 6. The van der Waals surface area contributed by atoms with Crippen molar-refractivity contribution in [1.82, 2.24) is 25.1 Å². The molecule has 0 radical (unpaired) electrons. The Labute approximate surface area is 228 Å². The smallest absolute Gasteiger partial charge is 0.405 e. The molecule has 9 nitrogen and oxygen atoms in total. The Morgan fingerprint density at radius 3 is 2.51 bits per heavy atom. The van der Waals surface area contributed by atoms with E-state index in [1.54, 1.807) is 30.4 Å². The minimum atomic E-state index is -4.77. The molecule has 0 fully saturated rings. The summed E-state index contributed by atoms with van der Waals surface area (Å²) in [5, 5.41) is 9.99. The number of aryl methyl sites for hydroxylation is 1. The van der Waals surface area contributed by atoms with Gasteiger partial charge in [0.15, 0.2) is 40.8 Å². The van der Waals surface area contributed by atoms with Crippen LogP contribution in [0, 0.1) is 24.4 Å². The summed E-state index contributed by atoms with van der Waals surface area (Å²) in [4.78, 5) is 17.4. The summed E-state index contributed by atoms with van der Waals surface area (Å²) in [5.41, 5.74) is -1.24. The molecule has 1 aliphatic heterocycles. The predicted molar refractivity (Wildman–Crippen MR) is 129 cm³/mol. The van der Waals surface area contributed by atoms with Crippen LogP contribution in [0.1, 0.15) is 24.6 Å². The molecule has 0 saturated heterocycles. The van der Waals surface area contributed by atoms with Gasteiger partial charge in [-0.05, 0) is 18.6 Å². The molecule has 0 spiro atoms. The standard InChI is InChI=1S/C26H21F6N5O4/c1-13-33-11-20(40-13)16-5-4-14(8-19(16)39-2)22-35-36-23-25(6-3-7-37(22)23,24(38)34-12-26(30,31)32)41-15-9-17(27)21(29)18(28)10-15/h4-5,8-11H,3,6-7,12H2,1-2H3,(H,34,38). The Hall–Kier alpha value is -4.56. The zero-order valence-electron chi connectivity index (χ0n) is 21.5. The van der Waals surface area contributed by atoms with Gasteiger partial charge in [-0.15, -0.1) is 10.2 Å². The molecule has 1 aliphatic rings. The van der Waals surface area contributed by atoms with Crippen LogP contribution in [0.2, 0.25) is 0 Å². The molecule has 1 N–H and O–H groups in total. The molecule has 5 rings (SSSR count). The average Bonchev–Trinajstić information content (AvgIpc) is 3.56. The molecule has 0 aliphatic carbocycles. The van der Waals surface area contributed by atoms with E-state index in [1.165, 1.54) is 17.9 Å². The number of hydrogen-bond donors (Lipinski definition) is 1. The largest absolute Gasteiger partial charge is 0.496 e. The van der Waals surface area contributed by atoms with Gasteiger partial charge in [-0.3, -0.25) is 4.79 Å². The summed E-state index contributed by atoms with van der Waals surface area (Å²) in [6.45, 7) is 0.206. The molecular formula is C26H21F6N5O4. The maximum atomic E-state index is 14.0. The number of carbonyl (C=O) groups is 1. The van der Waals surface area contributed by atoms with E-state index in [2.05, 4.69) is 15.2 Å². The Kier molecular flexibility index (Phi) is 7.13. The van der Waals surface area contributed by atoms with Crippen LogP contribution in [0.25, 0.3) is 22.7 Å². The molecular weight excluding hydrogens is 560 g/mol. The maximum absolute atomic E-state index is 14.0. The summed E-state index contributed by atoms with van der Waals surface area (Å²) in [6.07, 6.45) is -3.28. The molecule has 1 amide bonds. The molecule has 1 unspecified atom stereocenters. The van der Waals surface area contributed by atoms with Gasteiger partial charge in [-0.2, -0.15) is 13.2 Å². The van der Waals surface area contributed by atoms with Crippen molar-refractivity contribution in [2.45, 2.75) is 38.1 Å². The number of hydrogen-bond acceptors (Lipinski definition) is 7. The van der Waals surface area contributed by atoms with E-state index in [4.69, 9.17) is 13.9 Å². The number of fused-ring (bicyclic) bond motifs is 1. The molecule has 41 heavy (non-hydrogen) atoms. The number of alkyl halides is 3. The van der Waals surface area contributed by atoms with Crippen molar-refractivity contribution in [2.75, 3.05) is 13.7 Å². The van der Waals surface area contributed by atoms with Crippen LogP contribution in [-0.2, 0) is 16.9 Å². The van der Waals surface area contributed by atoms with Crippen LogP contribution in [0.15, 0.2) is 40.9 Å². The van der Waals surface area contributed by atoms with Gasteiger partial charge < -0.3 is 23.8 Å². The topological polar surface area (TPSA) is 104 Å². The Morgan fingerprint density at radius 2 is 1.88 bits per heavy atom. The van der Waals surface area contributed by atoms with Crippen molar-refractivity contribution < 1.29 is 45.0 Å². The summed E-state index contributed by atoms with van der Waals surface area (Å²) in [7, 11) is 1.44. The fraction of sp³-hybridized carbons (Fsp3) is 0.308. The number of nitrogens with zero attached hydrogens (tertiary/aromatic N) is 4. The zero-order chi connectivity index (χ0) is 29.5. The summed E-state index contributed by atoms with van der Waals surface area (Å²) in [6, 6.07) is 5.95. The van der Waals surface area contributed by atoms with Crippen LogP contribution in [-0.4, -0.2) is 45.5 Å². The van der Waals surface area contributed by atoms with E-state index in [-0.39, 0.29) is 31.0 Å². The van der Waals surface area contributed by atoms with Crippen LogP contribution in [0.5, 0.6) is 11.5 Å². The number of amides is 1. The van der Waals surface area contributed by atoms with Gasteiger partial charge >= 0.3 is 6.18 Å². The molecule has 0 bridgehead atoms. The highest BCUT2D eigenvalue weighted by Crippen LogP contribution is 2.40. The van der Waals surface area contributed by atoms with E-state index in [1.807, 2.05) is 0 Å². The highest BCUT2D eigenvalue weighted by molar-refractivity contribution is 5.86. The fourth-order valence-corrected chi connectivity index (χ4v) is 4.62. The van der Waals surface area contributed by atoms with E-state index >= 15 is 0 Å². The number of rotatable bonds is 7. The highest BCUT2D eigenvalue weighted by atomic mass is 19.4. The van der Waals surface area contributed by atoms with E-state index in [9.17, 15) is 31.1 Å². The SMILES string of the molecule is COc1cc(-c2nnc3n2CCCC3(Oc2cc(F)c(F)c(F)c2)C(=O)NCC(F)(F)F)ccc1-c1cnc(C)o1. The first-order valence-electron chi connectivity index (χ1n) is 12.2. The van der Waals surface area contributed by atoms with Gasteiger partial charge in [0.1, 0.15) is 18.0 Å². The third-order valence-electron chi connectivity index (χ3n) is 6.43. The van der Waals surface area contributed by atoms with Gasteiger partial charge in [-0.1, -0.05) is 6.07 Å². The number of methoxy groups -OCH3 is 1. The lowest BCUT2D eigenvalue weighted by atomic mass is 9.91. The fourth-order valence-electron chi connectivity index (χ4n) is 4.62. The van der Waals surface area contributed by atoms with E-state index in [0.717, 1.165) is 0 Å². The lowest BCUT2D eigenvalue weighted by molar-refractivity contribution is -0.151. The van der Waals surface area contributed by atoms with Crippen LogP contribution in [0.3, 0.4) is 0 Å². The first kappa shape index (κ1) is 28.0. The average molecular weight is 581 g/mol. The molecule has 1 atom stereocenters. The monoisotopic (exact) mass is 581 g/mol. The van der Waals surface area contributed by atoms with Crippen LogP contribution >= 0.6 is 0 Å². The lowest BCUT2D eigenvalue weighted by Crippen LogP contribution is -2.53. The molecule has 2 aromatic carbocycles. The molecule has 216 valence electrons. The number of nitrogens with one attached hydrogen (secondary N) is 1. The molecule has 4 aromatic rings. The third kappa shape index (κ3) is 5.30. The number of oxazole rings is 1. The summed E-state index contributed by atoms with van der Waals surface area (Å²) < 4.78 is 98.7. The quantitative estimate of drug-likeness (QED) is 0.240. The Balaban J connectivity index is 1.59. The highest BCUT2D eigenvalue weighted by Gasteiger charge is 2.50. The summed E-state index contributed by atoms with van der Waals surface area (Å²) >= 11 is 0. The van der Waals surface area contributed by atoms with E-state index in [0.29, 0.717) is 40.7 Å². The number of benzene rings is 2. The van der Waals surface area contributed by atoms with Crippen LogP contribution in [0.4, 0.5) is 26.3 Å². The third-order valence-corrected chi connectivity index (χ3v) is 6.43. The lowest BCUT2D eigenvalue weighted by Gasteiger charge is -2.36. The minimum absolute atomic E-state index is 0.177. The van der Waals surface area contributed by atoms with Crippen molar-refractivity contribution >= 4 is 5.91 Å². The minimum Gasteiger partial charge on any atom is -0.496 e. The Bertz CT molecular complexity index is 1600. The molecule has 15 heteroatoms. The number of carbonyl (C=O) groups excluding carboxylic acids is 1. The van der Waals surface area contributed by atoms with Gasteiger partial charge in [0.25, 0.3) is 5.91 Å². The number of ether oxygens (including phenoxy) is 2. The van der Waals surface area contributed by atoms with Crippen LogP contribution < -0.4 is 14.8 Å². The summed E-state index contributed by atoms with van der Waals surface area (Å²) in [5.74, 6) is -5.63.